The van der Waals surface area contributed by atoms with Crippen LogP contribution in [-0.4, -0.2) is 21.1 Å². The predicted octanol–water partition coefficient (Wildman–Crippen LogP) is 4.59. The topological polar surface area (TPSA) is 146 Å². The van der Waals surface area contributed by atoms with Crippen molar-refractivity contribution in [1.82, 2.24) is 0 Å². The lowest BCUT2D eigenvalue weighted by Crippen LogP contribution is -2.06. The molecule has 0 rings (SSSR count). The summed E-state index contributed by atoms with van der Waals surface area (Å²) in [6.45, 7) is 1.98. The first kappa shape index (κ1) is 25.1. The summed E-state index contributed by atoms with van der Waals surface area (Å²) >= 11 is 0. The SMILES string of the molecule is CCCCC/C(=C\C/C=C(\C/C(=C\CCCCC=O)[N+](=O)[O-])[N+](=O)[O-])[N+](=O)[O-]. The first-order valence-corrected chi connectivity index (χ1v) is 9.27. The van der Waals surface area contributed by atoms with E-state index >= 15 is 0 Å². The van der Waals surface area contributed by atoms with Gasteiger partial charge in [-0.15, -0.1) is 0 Å². The van der Waals surface area contributed by atoms with Gasteiger partial charge in [0.15, 0.2) is 0 Å². The molecule has 0 N–H and O–H groups in total. The third kappa shape index (κ3) is 11.7. The third-order valence-corrected chi connectivity index (χ3v) is 3.97. The maximum atomic E-state index is 11.2. The third-order valence-electron chi connectivity index (χ3n) is 3.97. The molecule has 156 valence electrons. The van der Waals surface area contributed by atoms with Crippen molar-refractivity contribution in [2.75, 3.05) is 0 Å². The van der Waals surface area contributed by atoms with Crippen LogP contribution in [0.25, 0.3) is 0 Å². The molecule has 0 spiro atoms. The summed E-state index contributed by atoms with van der Waals surface area (Å²) < 4.78 is 0. The summed E-state index contributed by atoms with van der Waals surface area (Å²) in [5, 5.41) is 33.3. The Hall–Kier alpha value is -2.91. The summed E-state index contributed by atoms with van der Waals surface area (Å²) in [6.07, 6.45) is 8.66. The van der Waals surface area contributed by atoms with Crippen LogP contribution in [0.5, 0.6) is 0 Å². The van der Waals surface area contributed by atoms with Gasteiger partial charge in [-0.1, -0.05) is 19.8 Å². The van der Waals surface area contributed by atoms with Crippen molar-refractivity contribution in [1.29, 1.82) is 0 Å². The Kier molecular flexibility index (Phi) is 13.6. The second-order valence-electron chi connectivity index (χ2n) is 6.18. The van der Waals surface area contributed by atoms with E-state index in [1.807, 2.05) is 6.92 Å². The first-order valence-electron chi connectivity index (χ1n) is 9.27. The van der Waals surface area contributed by atoms with Gasteiger partial charge in [0.25, 0.3) is 11.4 Å². The Morgan fingerprint density at radius 3 is 1.82 bits per heavy atom. The molecule has 0 saturated carbocycles. The van der Waals surface area contributed by atoms with E-state index < -0.39 is 21.2 Å². The van der Waals surface area contributed by atoms with Crippen molar-refractivity contribution in [2.24, 2.45) is 0 Å². The minimum absolute atomic E-state index is 0.00684. The molecule has 0 fully saturated rings. The highest BCUT2D eigenvalue weighted by atomic mass is 16.6. The van der Waals surface area contributed by atoms with Gasteiger partial charge in [0.05, 0.1) is 14.8 Å². The number of carbonyl (C=O) groups excluding carboxylic acids is 1. The number of rotatable bonds is 16. The summed E-state index contributed by atoms with van der Waals surface area (Å²) in [4.78, 5) is 41.7. The van der Waals surface area contributed by atoms with Crippen molar-refractivity contribution >= 4 is 6.29 Å². The predicted molar refractivity (Wildman–Crippen MR) is 103 cm³/mol. The Balaban J connectivity index is 5.09. The molecule has 0 aliphatic carbocycles. The number of hydrogen-bond acceptors (Lipinski definition) is 7. The molecule has 0 bridgehead atoms. The fourth-order valence-electron chi connectivity index (χ4n) is 2.40. The maximum absolute atomic E-state index is 11.2. The average Bonchev–Trinajstić information content (AvgIpc) is 2.63. The van der Waals surface area contributed by atoms with Crippen LogP contribution in [0.15, 0.2) is 35.3 Å². The molecule has 0 saturated heterocycles. The zero-order valence-corrected chi connectivity index (χ0v) is 16.1. The van der Waals surface area contributed by atoms with E-state index in [9.17, 15) is 35.1 Å². The molecule has 0 radical (unpaired) electrons. The van der Waals surface area contributed by atoms with Crippen LogP contribution < -0.4 is 0 Å². The van der Waals surface area contributed by atoms with Gasteiger partial charge in [0.1, 0.15) is 12.7 Å². The van der Waals surface area contributed by atoms with Crippen LogP contribution in [0.2, 0.25) is 0 Å². The van der Waals surface area contributed by atoms with Crippen LogP contribution in [0.3, 0.4) is 0 Å². The van der Waals surface area contributed by atoms with E-state index in [-0.39, 0.29) is 29.9 Å². The molecule has 0 heterocycles. The van der Waals surface area contributed by atoms with Crippen LogP contribution in [0.4, 0.5) is 0 Å². The Morgan fingerprint density at radius 1 is 0.750 bits per heavy atom. The molecule has 0 aromatic rings. The van der Waals surface area contributed by atoms with Gasteiger partial charge in [-0.05, 0) is 50.3 Å². The second kappa shape index (κ2) is 15.2. The molecule has 0 aromatic carbocycles. The summed E-state index contributed by atoms with van der Waals surface area (Å²) in [5.74, 6) is 0. The Morgan fingerprint density at radius 2 is 1.29 bits per heavy atom. The van der Waals surface area contributed by atoms with E-state index in [4.69, 9.17) is 0 Å². The van der Waals surface area contributed by atoms with Crippen LogP contribution in [-0.2, 0) is 4.79 Å². The fourth-order valence-corrected chi connectivity index (χ4v) is 2.40. The summed E-state index contributed by atoms with van der Waals surface area (Å²) in [6, 6.07) is 0. The minimum Gasteiger partial charge on any atom is -0.303 e. The minimum atomic E-state index is -0.708. The van der Waals surface area contributed by atoms with E-state index in [2.05, 4.69) is 0 Å². The van der Waals surface area contributed by atoms with Crippen molar-refractivity contribution < 1.29 is 19.6 Å². The largest absolute Gasteiger partial charge is 0.303 e. The van der Waals surface area contributed by atoms with Gasteiger partial charge in [-0.25, -0.2) is 0 Å². The highest BCUT2D eigenvalue weighted by Gasteiger charge is 2.21. The summed E-state index contributed by atoms with van der Waals surface area (Å²) in [7, 11) is 0. The lowest BCUT2D eigenvalue weighted by atomic mass is 10.1. The van der Waals surface area contributed by atoms with E-state index in [0.29, 0.717) is 32.1 Å². The normalized spacial score (nSPS) is 12.7. The Labute approximate surface area is 163 Å². The van der Waals surface area contributed by atoms with Gasteiger partial charge < -0.3 is 4.79 Å². The molecule has 10 heteroatoms. The average molecular weight is 397 g/mol. The van der Waals surface area contributed by atoms with E-state index in [1.54, 1.807) is 0 Å². The highest BCUT2D eigenvalue weighted by Crippen LogP contribution is 2.17. The molecule has 28 heavy (non-hydrogen) atoms. The maximum Gasteiger partial charge on any atom is 0.253 e. The molecule has 0 atom stereocenters. The molecule has 0 amide bonds. The monoisotopic (exact) mass is 397 g/mol. The molecule has 0 aliphatic heterocycles. The lowest BCUT2D eigenvalue weighted by Gasteiger charge is -2.00. The van der Waals surface area contributed by atoms with Crippen molar-refractivity contribution in [3.05, 3.63) is 65.7 Å². The molecule has 10 nitrogen and oxygen atoms in total. The standard InChI is InChI=1S/C18H27N3O7/c1-2-3-6-10-16(19(23)24)12-9-13-18(21(27)28)15-17(20(25)26)11-7-4-5-8-14-22/h11-14H,2-10,15H2,1H3/b16-12+,17-11+,18-13+. The zero-order chi connectivity index (χ0) is 21.4. The highest BCUT2D eigenvalue weighted by molar-refractivity contribution is 5.48. The number of aldehydes is 1. The van der Waals surface area contributed by atoms with Gasteiger partial charge >= 0.3 is 0 Å². The number of nitrogens with zero attached hydrogens (tertiary/aromatic N) is 3. The second-order valence-corrected chi connectivity index (χ2v) is 6.18. The number of carbonyl (C=O) groups is 1. The molecular formula is C18H27N3O7. The van der Waals surface area contributed by atoms with Crippen LogP contribution in [0.1, 0.15) is 71.1 Å². The van der Waals surface area contributed by atoms with Gasteiger partial charge in [0.2, 0.25) is 5.70 Å². The number of unbranched alkanes of at least 4 members (excludes halogenated alkanes) is 5. The van der Waals surface area contributed by atoms with Gasteiger partial charge in [0, 0.05) is 12.8 Å². The van der Waals surface area contributed by atoms with Crippen molar-refractivity contribution in [3.8, 4) is 0 Å². The van der Waals surface area contributed by atoms with Crippen molar-refractivity contribution in [2.45, 2.75) is 71.1 Å². The first-order chi connectivity index (χ1) is 13.3. The molecule has 0 aliphatic rings. The Bertz CT molecular complexity index is 639. The number of hydrogen-bond donors (Lipinski definition) is 0. The van der Waals surface area contributed by atoms with Gasteiger partial charge in [-0.2, -0.15) is 0 Å². The number of nitro groups is 3. The summed E-state index contributed by atoms with van der Waals surface area (Å²) in [5.41, 5.74) is -0.675. The number of allylic oxidation sites excluding steroid dienone is 4. The van der Waals surface area contributed by atoms with E-state index in [0.717, 1.165) is 19.1 Å². The van der Waals surface area contributed by atoms with Crippen molar-refractivity contribution in [3.63, 3.8) is 0 Å². The van der Waals surface area contributed by atoms with Crippen LogP contribution in [0, 0.1) is 30.3 Å². The fraction of sp³-hybridized carbons (Fsp3) is 0.611. The van der Waals surface area contributed by atoms with Crippen LogP contribution >= 0.6 is 0 Å². The quantitative estimate of drug-likeness (QED) is 0.160. The molecule has 0 aromatic heterocycles. The molecular weight excluding hydrogens is 370 g/mol. The molecule has 0 unspecified atom stereocenters. The zero-order valence-electron chi connectivity index (χ0n) is 16.1. The van der Waals surface area contributed by atoms with Gasteiger partial charge in [-0.3, -0.25) is 30.3 Å². The van der Waals surface area contributed by atoms with E-state index in [1.165, 1.54) is 18.2 Å². The smallest absolute Gasteiger partial charge is 0.253 e. The lowest BCUT2D eigenvalue weighted by molar-refractivity contribution is -0.450.